The zero-order valence-corrected chi connectivity index (χ0v) is 16.9. The Morgan fingerprint density at radius 1 is 0.929 bits per heavy atom. The largest absolute Gasteiger partial charge is 0.354 e. The van der Waals surface area contributed by atoms with Crippen LogP contribution in [0.25, 0.3) is 5.82 Å². The van der Waals surface area contributed by atoms with Gasteiger partial charge >= 0.3 is 0 Å². The minimum atomic E-state index is 0.548. The number of anilines is 1. The lowest BCUT2D eigenvalue weighted by Crippen LogP contribution is -2.34. The number of hydrogen-bond acceptors (Lipinski definition) is 5. The monoisotopic (exact) mass is 376 g/mol. The number of hydrogen-bond donors (Lipinski definition) is 0. The lowest BCUT2D eigenvalue weighted by atomic mass is 10.1. The predicted molar refractivity (Wildman–Crippen MR) is 112 cm³/mol. The zero-order chi connectivity index (χ0) is 19.5. The van der Waals surface area contributed by atoms with Crippen LogP contribution in [-0.4, -0.2) is 50.6 Å². The molecule has 1 saturated heterocycles. The van der Waals surface area contributed by atoms with Gasteiger partial charge < -0.3 is 4.90 Å². The van der Waals surface area contributed by atoms with Gasteiger partial charge in [-0.1, -0.05) is 30.3 Å². The Bertz CT molecular complexity index is 903. The second-order valence-corrected chi connectivity index (χ2v) is 7.67. The average Bonchev–Trinajstić information content (AvgIpc) is 2.94. The van der Waals surface area contributed by atoms with Crippen molar-refractivity contribution in [3.05, 3.63) is 65.5 Å². The second-order valence-electron chi connectivity index (χ2n) is 7.67. The molecule has 1 unspecified atom stereocenters. The van der Waals surface area contributed by atoms with Crippen LogP contribution >= 0.6 is 0 Å². The Hall–Kier alpha value is -2.73. The van der Waals surface area contributed by atoms with Crippen molar-refractivity contribution in [1.82, 2.24) is 24.9 Å². The SMILES string of the molecule is Cc1cc(C)n(-c2ccc(N3CCC(C)N(Cc4ccccc4)CC3)nn2)n1. The van der Waals surface area contributed by atoms with Crippen molar-refractivity contribution < 1.29 is 0 Å². The maximum atomic E-state index is 4.50. The molecule has 0 aliphatic carbocycles. The molecule has 1 aliphatic heterocycles. The van der Waals surface area contributed by atoms with Crippen LogP contribution < -0.4 is 4.90 Å². The molecule has 2 aromatic heterocycles. The minimum absolute atomic E-state index is 0.548. The quantitative estimate of drug-likeness (QED) is 0.699. The molecule has 1 aliphatic rings. The Balaban J connectivity index is 1.44. The highest BCUT2D eigenvalue weighted by Gasteiger charge is 2.22. The molecule has 0 radical (unpaired) electrons. The van der Waals surface area contributed by atoms with Crippen LogP contribution in [0.4, 0.5) is 5.82 Å². The topological polar surface area (TPSA) is 50.1 Å². The van der Waals surface area contributed by atoms with Gasteiger partial charge in [-0.15, -0.1) is 10.2 Å². The summed E-state index contributed by atoms with van der Waals surface area (Å²) >= 11 is 0. The highest BCUT2D eigenvalue weighted by molar-refractivity contribution is 5.40. The summed E-state index contributed by atoms with van der Waals surface area (Å²) in [6.07, 6.45) is 1.12. The van der Waals surface area contributed by atoms with Gasteiger partial charge in [-0.05, 0) is 51.0 Å². The summed E-state index contributed by atoms with van der Waals surface area (Å²) < 4.78 is 1.85. The Labute approximate surface area is 166 Å². The summed E-state index contributed by atoms with van der Waals surface area (Å²) in [4.78, 5) is 4.91. The van der Waals surface area contributed by atoms with Gasteiger partial charge in [-0.25, -0.2) is 4.68 Å². The molecular formula is C22H28N6. The minimum Gasteiger partial charge on any atom is -0.354 e. The van der Waals surface area contributed by atoms with Gasteiger partial charge in [0.1, 0.15) is 0 Å². The van der Waals surface area contributed by atoms with E-state index in [0.29, 0.717) is 6.04 Å². The smallest absolute Gasteiger partial charge is 0.176 e. The number of aryl methyl sites for hydroxylation is 2. The summed E-state index contributed by atoms with van der Waals surface area (Å²) in [5, 5.41) is 13.4. The first-order valence-electron chi connectivity index (χ1n) is 10.0. The molecule has 1 atom stereocenters. The number of benzene rings is 1. The first kappa shape index (κ1) is 18.6. The molecule has 1 aromatic carbocycles. The third-order valence-electron chi connectivity index (χ3n) is 5.51. The molecule has 146 valence electrons. The molecule has 28 heavy (non-hydrogen) atoms. The fourth-order valence-electron chi connectivity index (χ4n) is 3.85. The van der Waals surface area contributed by atoms with Crippen molar-refractivity contribution in [3.63, 3.8) is 0 Å². The molecule has 0 N–H and O–H groups in total. The van der Waals surface area contributed by atoms with Crippen molar-refractivity contribution in [2.24, 2.45) is 0 Å². The first-order valence-corrected chi connectivity index (χ1v) is 10.0. The molecule has 6 heteroatoms. The average molecular weight is 377 g/mol. The summed E-state index contributed by atoms with van der Waals surface area (Å²) in [6.45, 7) is 10.3. The van der Waals surface area contributed by atoms with Crippen LogP contribution in [0.5, 0.6) is 0 Å². The molecule has 0 amide bonds. The molecule has 6 nitrogen and oxygen atoms in total. The lowest BCUT2D eigenvalue weighted by molar-refractivity contribution is 0.212. The maximum Gasteiger partial charge on any atom is 0.176 e. The lowest BCUT2D eigenvalue weighted by Gasteiger charge is -2.26. The molecule has 0 spiro atoms. The summed E-state index contributed by atoms with van der Waals surface area (Å²) in [5.74, 6) is 1.71. The van der Waals surface area contributed by atoms with Gasteiger partial charge in [-0.2, -0.15) is 5.10 Å². The number of rotatable bonds is 4. The third-order valence-corrected chi connectivity index (χ3v) is 5.51. The molecule has 0 saturated carbocycles. The van der Waals surface area contributed by atoms with E-state index in [9.17, 15) is 0 Å². The van der Waals surface area contributed by atoms with Gasteiger partial charge in [0.15, 0.2) is 11.6 Å². The van der Waals surface area contributed by atoms with Gasteiger partial charge in [0.05, 0.1) is 5.69 Å². The molecule has 3 heterocycles. The van der Waals surface area contributed by atoms with Crippen molar-refractivity contribution in [2.45, 2.75) is 39.8 Å². The van der Waals surface area contributed by atoms with E-state index >= 15 is 0 Å². The van der Waals surface area contributed by atoms with E-state index in [1.807, 2.05) is 30.7 Å². The van der Waals surface area contributed by atoms with E-state index < -0.39 is 0 Å². The van der Waals surface area contributed by atoms with Crippen LogP contribution in [-0.2, 0) is 6.54 Å². The van der Waals surface area contributed by atoms with Gasteiger partial charge in [0.2, 0.25) is 0 Å². The van der Waals surface area contributed by atoms with E-state index in [4.69, 9.17) is 0 Å². The van der Waals surface area contributed by atoms with Gasteiger partial charge in [-0.3, -0.25) is 4.90 Å². The number of nitrogens with zero attached hydrogens (tertiary/aromatic N) is 6. The summed E-state index contributed by atoms with van der Waals surface area (Å²) in [7, 11) is 0. The van der Waals surface area contributed by atoms with Crippen LogP contribution in [0.3, 0.4) is 0 Å². The van der Waals surface area contributed by atoms with E-state index in [1.165, 1.54) is 5.56 Å². The molecule has 1 fully saturated rings. The predicted octanol–water partition coefficient (Wildman–Crippen LogP) is 3.38. The molecule has 4 rings (SSSR count). The maximum absolute atomic E-state index is 4.50. The normalized spacial score (nSPS) is 18.2. The van der Waals surface area contributed by atoms with E-state index in [1.54, 1.807) is 0 Å². The van der Waals surface area contributed by atoms with Crippen LogP contribution in [0, 0.1) is 13.8 Å². The van der Waals surface area contributed by atoms with Crippen molar-refractivity contribution >= 4 is 5.82 Å². The van der Waals surface area contributed by atoms with E-state index in [2.05, 4.69) is 68.4 Å². The van der Waals surface area contributed by atoms with Crippen LogP contribution in [0.1, 0.15) is 30.3 Å². The fraction of sp³-hybridized carbons (Fsp3) is 0.409. The van der Waals surface area contributed by atoms with Crippen molar-refractivity contribution in [1.29, 1.82) is 0 Å². The van der Waals surface area contributed by atoms with E-state index in [0.717, 1.165) is 55.6 Å². The Morgan fingerprint density at radius 3 is 2.36 bits per heavy atom. The molecule has 3 aromatic rings. The van der Waals surface area contributed by atoms with Crippen LogP contribution in [0.15, 0.2) is 48.5 Å². The highest BCUT2D eigenvalue weighted by atomic mass is 15.4. The standard InChI is InChI=1S/C22H28N6/c1-17-15-19(3)28(25-17)22-10-9-21(23-24-22)26-12-11-18(2)27(14-13-26)16-20-7-5-4-6-8-20/h4-10,15,18H,11-14,16H2,1-3H3. The number of aromatic nitrogens is 4. The van der Waals surface area contributed by atoms with Crippen molar-refractivity contribution in [3.8, 4) is 5.82 Å². The van der Waals surface area contributed by atoms with Gasteiger partial charge in [0, 0.05) is 37.9 Å². The van der Waals surface area contributed by atoms with Gasteiger partial charge in [0.25, 0.3) is 0 Å². The molecule has 0 bridgehead atoms. The van der Waals surface area contributed by atoms with Crippen molar-refractivity contribution in [2.75, 3.05) is 24.5 Å². The molecular weight excluding hydrogens is 348 g/mol. The summed E-state index contributed by atoms with van der Waals surface area (Å²) in [5.41, 5.74) is 3.43. The second kappa shape index (κ2) is 8.10. The third kappa shape index (κ3) is 4.07. The summed E-state index contributed by atoms with van der Waals surface area (Å²) in [6, 6.07) is 17.4. The Kier molecular flexibility index (Phi) is 5.39. The fourth-order valence-corrected chi connectivity index (χ4v) is 3.85. The van der Waals surface area contributed by atoms with E-state index in [-0.39, 0.29) is 0 Å². The Morgan fingerprint density at radius 2 is 1.68 bits per heavy atom. The first-order chi connectivity index (χ1) is 13.6. The highest BCUT2D eigenvalue weighted by Crippen LogP contribution is 2.19. The zero-order valence-electron chi connectivity index (χ0n) is 16.9. The van der Waals surface area contributed by atoms with Crippen LogP contribution in [0.2, 0.25) is 0 Å².